The number of benzene rings is 1. The first kappa shape index (κ1) is 45.9. The molecule has 3 fully saturated rings. The Kier molecular flexibility index (Phi) is 19.7. The first-order valence-corrected chi connectivity index (χ1v) is 18.9. The lowest BCUT2D eigenvalue weighted by Crippen LogP contribution is -2.56. The van der Waals surface area contributed by atoms with Gasteiger partial charge < -0.3 is 52.9 Å². The number of phenolic OH excluding ortho intramolecular Hbond substituents is 1. The lowest BCUT2D eigenvalue weighted by Gasteiger charge is -2.59. The number of nitrogens with zero attached hydrogens (tertiary/aromatic N) is 1. The Morgan fingerprint density at radius 2 is 1.33 bits per heavy atom. The number of ketones is 1. The molecule has 17 heteroatoms. The Morgan fingerprint density at radius 1 is 0.818 bits per heavy atom. The molecule has 0 heterocycles. The van der Waals surface area contributed by atoms with E-state index >= 15 is 0 Å². The fourth-order valence-corrected chi connectivity index (χ4v) is 6.96. The summed E-state index contributed by atoms with van der Waals surface area (Å²) in [5.41, 5.74) is 0.614. The van der Waals surface area contributed by atoms with Gasteiger partial charge in [0.15, 0.2) is 0 Å². The minimum atomic E-state index is -1.13. The Hall–Kier alpha value is -3.45. The molecule has 0 amide bonds. The zero-order chi connectivity index (χ0) is 40.3. The van der Waals surface area contributed by atoms with Crippen molar-refractivity contribution in [2.75, 3.05) is 99.1 Å². The van der Waals surface area contributed by atoms with Crippen LogP contribution in [0.1, 0.15) is 76.0 Å². The monoisotopic (exact) mass is 785 g/mol. The van der Waals surface area contributed by atoms with Crippen LogP contribution in [0.15, 0.2) is 12.1 Å². The Balaban J connectivity index is 1.39. The van der Waals surface area contributed by atoms with Crippen LogP contribution in [0.25, 0.3) is 0 Å². The number of carboxylic acid groups (broad SMARTS) is 1. The minimum absolute atomic E-state index is 0.0153. The lowest BCUT2D eigenvalue weighted by atomic mass is 9.44. The lowest BCUT2D eigenvalue weighted by molar-refractivity contribution is -0.757. The summed E-state index contributed by atoms with van der Waals surface area (Å²) in [6.45, 7) is 11.6. The fourth-order valence-electron chi connectivity index (χ4n) is 6.96. The molecule has 1 aromatic rings. The van der Waals surface area contributed by atoms with Gasteiger partial charge in [-0.2, -0.15) is 0 Å². The van der Waals surface area contributed by atoms with Crippen molar-refractivity contribution in [3.8, 4) is 5.75 Å². The fraction of sp³-hybridized carbons (Fsp3) is 0.763. The maximum absolute atomic E-state index is 13.2. The van der Waals surface area contributed by atoms with E-state index in [1.165, 1.54) is 0 Å². The largest absolute Gasteiger partial charge is 0.508 e. The number of rotatable bonds is 31. The summed E-state index contributed by atoms with van der Waals surface area (Å²) >= 11 is 0. The molecule has 4 rings (SSSR count). The van der Waals surface area contributed by atoms with Gasteiger partial charge in [-0.1, -0.05) is 19.9 Å². The highest BCUT2D eigenvalue weighted by atomic mass is 16.9. The number of carboxylic acids is 1. The smallest absolute Gasteiger partial charge is 0.329 e. The van der Waals surface area contributed by atoms with Crippen molar-refractivity contribution in [3.05, 3.63) is 38.9 Å². The van der Waals surface area contributed by atoms with E-state index in [-0.39, 0.29) is 74.3 Å². The van der Waals surface area contributed by atoms with Crippen molar-refractivity contribution < 1.29 is 72.4 Å². The molecule has 55 heavy (non-hydrogen) atoms. The van der Waals surface area contributed by atoms with Crippen LogP contribution in [0, 0.1) is 27.4 Å². The highest BCUT2D eigenvalue weighted by Crippen LogP contribution is 2.63. The average molecular weight is 786 g/mol. The summed E-state index contributed by atoms with van der Waals surface area (Å²) in [5, 5.41) is 29.4. The molecule has 17 nitrogen and oxygen atoms in total. The van der Waals surface area contributed by atoms with E-state index in [4.69, 9.17) is 43.0 Å². The Labute approximate surface area is 322 Å². The van der Waals surface area contributed by atoms with Gasteiger partial charge in [0, 0.05) is 17.9 Å². The molecule has 312 valence electrons. The second-order valence-corrected chi connectivity index (χ2v) is 14.6. The molecule has 3 saturated carbocycles. The zero-order valence-electron chi connectivity index (χ0n) is 32.6. The summed E-state index contributed by atoms with van der Waals surface area (Å²) < 4.78 is 43.7. The number of unbranched alkanes of at least 4 members (excludes halogenated alkanes) is 1. The van der Waals surface area contributed by atoms with Gasteiger partial charge in [-0.15, -0.1) is 10.1 Å². The topological polar surface area (TPSA) is 218 Å². The van der Waals surface area contributed by atoms with E-state index in [1.54, 1.807) is 19.9 Å². The summed E-state index contributed by atoms with van der Waals surface area (Å²) in [4.78, 5) is 51.2. The van der Waals surface area contributed by atoms with Gasteiger partial charge in [0.2, 0.25) is 0 Å². The van der Waals surface area contributed by atoms with Crippen LogP contribution in [0.4, 0.5) is 0 Å². The van der Waals surface area contributed by atoms with Gasteiger partial charge in [0.05, 0.1) is 105 Å². The van der Waals surface area contributed by atoms with Gasteiger partial charge in [0.25, 0.3) is 5.09 Å². The number of fused-ring (bicyclic) bond motifs is 2. The van der Waals surface area contributed by atoms with Gasteiger partial charge in [-0.3, -0.25) is 9.59 Å². The zero-order valence-corrected chi connectivity index (χ0v) is 32.6. The SMILES string of the molecule is CC(C)(C(=O)OCCCCO[N+](=O)[O-])c1cc(O)c([C@@H]2CC(=O)[C@H]3C[C@@H]2C3(C)C)c(COCCOCCOCCOCCOCCOCCOCC(=O)O)c1. The van der Waals surface area contributed by atoms with Gasteiger partial charge in [-0.25, -0.2) is 4.79 Å². The molecule has 1 aromatic carbocycles. The molecule has 0 radical (unpaired) electrons. The van der Waals surface area contributed by atoms with Gasteiger partial charge in [0.1, 0.15) is 18.1 Å². The van der Waals surface area contributed by atoms with Crippen LogP contribution in [0.3, 0.4) is 0 Å². The molecule has 0 aromatic heterocycles. The number of ether oxygens (including phenoxy) is 8. The number of hydrogen-bond acceptors (Lipinski definition) is 15. The third-order valence-corrected chi connectivity index (χ3v) is 10.2. The standard InChI is InChI=1S/C38H59NO16/c1-37(2,36(44)54-7-5-6-8-55-39(45)46)28-21-27(35(33(41)22-28)29-23-32(40)31-24-30(29)38(31,3)4)25-52-19-17-50-15-13-48-11-9-47-10-12-49-14-16-51-18-20-53-26-34(42)43/h21-22,29-31,41H,5-20,23-26H2,1-4H3,(H,42,43)/t29-,30+,31-/m1/s1. The number of hydrogen-bond donors (Lipinski definition) is 2. The Bertz CT molecular complexity index is 1370. The molecular formula is C38H59NO16. The van der Waals surface area contributed by atoms with E-state index in [0.717, 1.165) is 6.42 Å². The van der Waals surface area contributed by atoms with Crippen LogP contribution in [0.2, 0.25) is 0 Å². The molecule has 0 aliphatic heterocycles. The quantitative estimate of drug-likeness (QED) is 0.0475. The number of Topliss-reactive ketones (excluding diaryl/α,β-unsaturated/α-hetero) is 1. The summed E-state index contributed by atoms with van der Waals surface area (Å²) in [6.07, 6.45) is 1.87. The maximum atomic E-state index is 13.2. The van der Waals surface area contributed by atoms with Crippen molar-refractivity contribution in [2.24, 2.45) is 17.3 Å². The number of aliphatic carboxylic acids is 1. The summed E-state index contributed by atoms with van der Waals surface area (Å²) in [7, 11) is 0. The maximum Gasteiger partial charge on any atom is 0.329 e. The van der Waals surface area contributed by atoms with Crippen LogP contribution < -0.4 is 0 Å². The van der Waals surface area contributed by atoms with Crippen molar-refractivity contribution in [3.63, 3.8) is 0 Å². The van der Waals surface area contributed by atoms with Crippen molar-refractivity contribution >= 4 is 17.7 Å². The molecular weight excluding hydrogens is 726 g/mol. The molecule has 3 aliphatic carbocycles. The van der Waals surface area contributed by atoms with E-state index in [1.807, 2.05) is 6.07 Å². The second-order valence-electron chi connectivity index (χ2n) is 14.6. The van der Waals surface area contributed by atoms with E-state index in [2.05, 4.69) is 18.7 Å². The average Bonchev–Trinajstić information content (AvgIpc) is 3.12. The number of carbonyl (C=O) groups excluding carboxylic acids is 2. The first-order valence-electron chi connectivity index (χ1n) is 18.9. The second kappa shape index (κ2) is 23.6. The molecule has 0 spiro atoms. The highest BCUT2D eigenvalue weighted by Gasteiger charge is 2.59. The van der Waals surface area contributed by atoms with E-state index in [0.29, 0.717) is 102 Å². The third kappa shape index (κ3) is 14.9. The molecule has 3 atom stereocenters. The highest BCUT2D eigenvalue weighted by molar-refractivity contribution is 5.86. The van der Waals surface area contributed by atoms with E-state index < -0.39 is 22.4 Å². The summed E-state index contributed by atoms with van der Waals surface area (Å²) in [6, 6.07) is 3.44. The Morgan fingerprint density at radius 3 is 1.82 bits per heavy atom. The molecule has 3 aliphatic rings. The number of carbonyl (C=O) groups is 3. The third-order valence-electron chi connectivity index (χ3n) is 10.2. The first-order chi connectivity index (χ1) is 26.3. The molecule has 2 N–H and O–H groups in total. The van der Waals surface area contributed by atoms with Crippen LogP contribution in [-0.4, -0.2) is 132 Å². The van der Waals surface area contributed by atoms with Gasteiger partial charge >= 0.3 is 11.9 Å². The van der Waals surface area contributed by atoms with Crippen molar-refractivity contribution in [1.82, 2.24) is 0 Å². The van der Waals surface area contributed by atoms with E-state index in [9.17, 15) is 29.6 Å². The number of phenols is 1. The van der Waals surface area contributed by atoms with Crippen LogP contribution in [0.5, 0.6) is 5.75 Å². The normalized spacial score (nSPS) is 18.8. The molecule has 2 bridgehead atoms. The van der Waals surface area contributed by atoms with Crippen LogP contribution in [-0.2, 0) is 69.1 Å². The number of aromatic hydroxyl groups is 1. The summed E-state index contributed by atoms with van der Waals surface area (Å²) in [5.74, 6) is -1.22. The predicted octanol–water partition coefficient (Wildman–Crippen LogP) is 3.62. The van der Waals surface area contributed by atoms with Crippen molar-refractivity contribution in [2.45, 2.75) is 71.3 Å². The van der Waals surface area contributed by atoms with Crippen LogP contribution >= 0.6 is 0 Å². The van der Waals surface area contributed by atoms with Gasteiger partial charge in [-0.05, 0) is 67.6 Å². The minimum Gasteiger partial charge on any atom is -0.508 e. The molecule has 0 unspecified atom stereocenters. The number of esters is 1. The molecule has 0 saturated heterocycles. The predicted molar refractivity (Wildman–Crippen MR) is 194 cm³/mol. The van der Waals surface area contributed by atoms with Crippen molar-refractivity contribution in [1.29, 1.82) is 0 Å².